The molecule has 1 heterocycles. The second-order valence-electron chi connectivity index (χ2n) is 4.83. The maximum Gasteiger partial charge on any atom is 0.0587 e. The summed E-state index contributed by atoms with van der Waals surface area (Å²) in [6.45, 7) is 2.93. The van der Waals surface area contributed by atoms with E-state index in [9.17, 15) is 0 Å². The molecule has 2 nitrogen and oxygen atoms in total. The molecule has 0 saturated heterocycles. The van der Waals surface area contributed by atoms with Crippen molar-refractivity contribution in [3.05, 3.63) is 22.4 Å². The minimum Gasteiger partial charge on any atom is -0.383 e. The number of methoxy groups -OCH3 is 1. The van der Waals surface area contributed by atoms with Crippen molar-refractivity contribution in [2.24, 2.45) is 5.41 Å². The van der Waals surface area contributed by atoms with Crippen LogP contribution in [0.3, 0.4) is 0 Å². The van der Waals surface area contributed by atoms with Gasteiger partial charge < -0.3 is 10.1 Å². The van der Waals surface area contributed by atoms with E-state index in [2.05, 4.69) is 22.1 Å². The Morgan fingerprint density at radius 1 is 1.50 bits per heavy atom. The van der Waals surface area contributed by atoms with Crippen LogP contribution >= 0.6 is 11.3 Å². The maximum absolute atomic E-state index is 5.05. The Bertz CT molecular complexity index is 293. The molecule has 16 heavy (non-hydrogen) atoms. The molecule has 1 saturated carbocycles. The van der Waals surface area contributed by atoms with E-state index in [1.165, 1.54) is 31.2 Å². The van der Waals surface area contributed by atoms with Crippen LogP contribution in [0, 0.1) is 5.41 Å². The highest BCUT2D eigenvalue weighted by Gasteiger charge is 2.36. The summed E-state index contributed by atoms with van der Waals surface area (Å²) in [7, 11) is 1.76. The monoisotopic (exact) mass is 239 g/mol. The summed E-state index contributed by atoms with van der Waals surface area (Å²) >= 11 is 1.81. The first kappa shape index (κ1) is 12.1. The average molecular weight is 239 g/mol. The third kappa shape index (κ3) is 3.06. The Balaban J connectivity index is 1.78. The Morgan fingerprint density at radius 2 is 2.38 bits per heavy atom. The number of nitrogens with one attached hydrogen (secondary N) is 1. The molecular weight excluding hydrogens is 218 g/mol. The molecule has 1 aliphatic carbocycles. The van der Waals surface area contributed by atoms with Crippen molar-refractivity contribution < 1.29 is 4.74 Å². The summed E-state index contributed by atoms with van der Waals surface area (Å²) < 4.78 is 5.05. The van der Waals surface area contributed by atoms with E-state index in [4.69, 9.17) is 4.74 Å². The number of rotatable bonds is 7. The zero-order valence-electron chi connectivity index (χ0n) is 10.00. The summed E-state index contributed by atoms with van der Waals surface area (Å²) in [4.78, 5) is 0. The maximum atomic E-state index is 5.05. The molecule has 3 heteroatoms. The summed E-state index contributed by atoms with van der Waals surface area (Å²) in [5.41, 5.74) is 2.05. The van der Waals surface area contributed by atoms with Crippen LogP contribution in [0.1, 0.15) is 24.8 Å². The molecule has 1 fully saturated rings. The standard InChI is InChI=1S/C13H21NOS/c1-15-7-6-14-11-13(4-2-5-13)9-12-3-8-16-10-12/h3,8,10,14H,2,4-7,9,11H2,1H3. The van der Waals surface area contributed by atoms with Crippen molar-refractivity contribution in [2.75, 3.05) is 26.8 Å². The molecule has 2 rings (SSSR count). The Kier molecular flexibility index (Phi) is 4.38. The number of thiophene rings is 1. The van der Waals surface area contributed by atoms with Gasteiger partial charge in [-0.3, -0.25) is 0 Å². The van der Waals surface area contributed by atoms with Crippen LogP contribution in [0.2, 0.25) is 0 Å². The quantitative estimate of drug-likeness (QED) is 0.739. The van der Waals surface area contributed by atoms with Crippen molar-refractivity contribution >= 4 is 11.3 Å². The lowest BCUT2D eigenvalue weighted by molar-refractivity contribution is 0.123. The fraction of sp³-hybridized carbons (Fsp3) is 0.692. The molecule has 1 aromatic heterocycles. The summed E-state index contributed by atoms with van der Waals surface area (Å²) in [5.74, 6) is 0. The minimum absolute atomic E-state index is 0.537. The van der Waals surface area contributed by atoms with Crippen LogP contribution in [0.15, 0.2) is 16.8 Å². The summed E-state index contributed by atoms with van der Waals surface area (Å²) in [6, 6.07) is 2.26. The molecule has 0 bridgehead atoms. The van der Waals surface area contributed by atoms with Gasteiger partial charge in [0.1, 0.15) is 0 Å². The van der Waals surface area contributed by atoms with E-state index in [0.29, 0.717) is 5.41 Å². The van der Waals surface area contributed by atoms with Crippen molar-refractivity contribution in [3.63, 3.8) is 0 Å². The van der Waals surface area contributed by atoms with Gasteiger partial charge in [0.05, 0.1) is 6.61 Å². The Labute approximate surface area is 102 Å². The van der Waals surface area contributed by atoms with Gasteiger partial charge in [-0.05, 0) is 47.1 Å². The number of ether oxygens (including phenoxy) is 1. The third-order valence-electron chi connectivity index (χ3n) is 3.56. The minimum atomic E-state index is 0.537. The molecule has 0 aromatic carbocycles. The molecule has 1 aliphatic rings. The van der Waals surface area contributed by atoms with E-state index >= 15 is 0 Å². The molecule has 1 N–H and O–H groups in total. The largest absolute Gasteiger partial charge is 0.383 e. The summed E-state index contributed by atoms with van der Waals surface area (Å²) in [6.07, 6.45) is 5.40. The predicted molar refractivity (Wildman–Crippen MR) is 69.1 cm³/mol. The normalized spacial score (nSPS) is 18.3. The zero-order valence-corrected chi connectivity index (χ0v) is 10.8. The molecular formula is C13H21NOS. The molecule has 1 aromatic rings. The highest BCUT2D eigenvalue weighted by Crippen LogP contribution is 2.43. The Hall–Kier alpha value is -0.380. The van der Waals surface area contributed by atoms with E-state index in [1.54, 1.807) is 18.4 Å². The SMILES string of the molecule is COCCNCC1(Cc2ccsc2)CCC1. The number of hydrogen-bond acceptors (Lipinski definition) is 3. The van der Waals surface area contributed by atoms with Crippen LogP contribution in [0.25, 0.3) is 0 Å². The smallest absolute Gasteiger partial charge is 0.0587 e. The lowest BCUT2D eigenvalue weighted by Gasteiger charge is -2.42. The third-order valence-corrected chi connectivity index (χ3v) is 4.29. The van der Waals surface area contributed by atoms with Gasteiger partial charge in [0, 0.05) is 20.2 Å². The van der Waals surface area contributed by atoms with Crippen molar-refractivity contribution in [2.45, 2.75) is 25.7 Å². The first-order valence-electron chi connectivity index (χ1n) is 6.05. The molecule has 90 valence electrons. The molecule has 0 aliphatic heterocycles. The van der Waals surface area contributed by atoms with Gasteiger partial charge in [-0.15, -0.1) is 0 Å². The van der Waals surface area contributed by atoms with E-state index in [0.717, 1.165) is 19.7 Å². The lowest BCUT2D eigenvalue weighted by Crippen LogP contribution is -2.42. The van der Waals surface area contributed by atoms with Crippen LogP contribution in [-0.4, -0.2) is 26.8 Å². The van der Waals surface area contributed by atoms with Crippen LogP contribution in [0.5, 0.6) is 0 Å². The van der Waals surface area contributed by atoms with Crippen molar-refractivity contribution in [1.29, 1.82) is 0 Å². The molecule has 0 atom stereocenters. The van der Waals surface area contributed by atoms with Crippen molar-refractivity contribution in [3.8, 4) is 0 Å². The van der Waals surface area contributed by atoms with Gasteiger partial charge in [-0.2, -0.15) is 11.3 Å². The molecule has 0 amide bonds. The predicted octanol–water partition coefficient (Wildman–Crippen LogP) is 2.70. The van der Waals surface area contributed by atoms with E-state index in [-0.39, 0.29) is 0 Å². The van der Waals surface area contributed by atoms with Crippen LogP contribution < -0.4 is 5.32 Å². The first-order valence-corrected chi connectivity index (χ1v) is 7.00. The first-order chi connectivity index (χ1) is 7.85. The van der Waals surface area contributed by atoms with Crippen molar-refractivity contribution in [1.82, 2.24) is 5.32 Å². The van der Waals surface area contributed by atoms with Gasteiger partial charge in [-0.25, -0.2) is 0 Å². The highest BCUT2D eigenvalue weighted by atomic mass is 32.1. The second kappa shape index (κ2) is 5.80. The van der Waals surface area contributed by atoms with Gasteiger partial charge >= 0.3 is 0 Å². The second-order valence-corrected chi connectivity index (χ2v) is 5.61. The van der Waals surface area contributed by atoms with E-state index < -0.39 is 0 Å². The fourth-order valence-corrected chi connectivity index (χ4v) is 3.12. The molecule has 0 unspecified atom stereocenters. The number of hydrogen-bond donors (Lipinski definition) is 1. The average Bonchev–Trinajstić information content (AvgIpc) is 2.73. The zero-order chi connectivity index (χ0) is 11.3. The lowest BCUT2D eigenvalue weighted by atomic mass is 9.65. The fourth-order valence-electron chi connectivity index (χ4n) is 2.45. The molecule has 0 radical (unpaired) electrons. The van der Waals surface area contributed by atoms with Gasteiger partial charge in [0.15, 0.2) is 0 Å². The van der Waals surface area contributed by atoms with Gasteiger partial charge in [-0.1, -0.05) is 6.42 Å². The summed E-state index contributed by atoms with van der Waals surface area (Å²) in [5, 5.41) is 7.99. The van der Waals surface area contributed by atoms with Crippen LogP contribution in [-0.2, 0) is 11.2 Å². The van der Waals surface area contributed by atoms with Crippen LogP contribution in [0.4, 0.5) is 0 Å². The topological polar surface area (TPSA) is 21.3 Å². The Morgan fingerprint density at radius 3 is 2.94 bits per heavy atom. The van der Waals surface area contributed by atoms with Gasteiger partial charge in [0.25, 0.3) is 0 Å². The van der Waals surface area contributed by atoms with E-state index in [1.807, 2.05) is 0 Å². The van der Waals surface area contributed by atoms with Gasteiger partial charge in [0.2, 0.25) is 0 Å². The highest BCUT2D eigenvalue weighted by molar-refractivity contribution is 7.07. The molecule has 0 spiro atoms.